The first-order chi connectivity index (χ1) is 14.6. The molecular weight excluding hydrogens is 382 g/mol. The van der Waals surface area contributed by atoms with Gasteiger partial charge in [0.2, 0.25) is 0 Å². The van der Waals surface area contributed by atoms with E-state index in [2.05, 4.69) is 5.32 Å². The van der Waals surface area contributed by atoms with Crippen LogP contribution in [-0.4, -0.2) is 53.7 Å². The Morgan fingerprint density at radius 1 is 1.17 bits per heavy atom. The van der Waals surface area contributed by atoms with Crippen LogP contribution >= 0.6 is 0 Å². The molecule has 0 spiro atoms. The van der Waals surface area contributed by atoms with Gasteiger partial charge in [0.05, 0.1) is 49.8 Å². The topological polar surface area (TPSA) is 72.8 Å². The molecule has 2 aromatic rings. The maximum atomic E-state index is 13.3. The van der Waals surface area contributed by atoms with Crippen molar-refractivity contribution in [2.45, 2.75) is 45.5 Å². The molecule has 2 aliphatic rings. The molecule has 30 heavy (non-hydrogen) atoms. The van der Waals surface area contributed by atoms with E-state index in [1.54, 1.807) is 6.07 Å². The zero-order valence-corrected chi connectivity index (χ0v) is 17.6. The highest BCUT2D eigenvalue weighted by Crippen LogP contribution is 2.25. The van der Waals surface area contributed by atoms with Crippen LogP contribution in [0.25, 0.3) is 0 Å². The molecule has 7 nitrogen and oxygen atoms in total. The number of nitrogens with one attached hydrogen (secondary N) is 1. The largest absolute Gasteiger partial charge is 0.377 e. The van der Waals surface area contributed by atoms with Crippen molar-refractivity contribution in [1.82, 2.24) is 14.8 Å². The van der Waals surface area contributed by atoms with Crippen LogP contribution in [0.1, 0.15) is 58.4 Å². The number of morpholine rings is 1. The lowest BCUT2D eigenvalue weighted by atomic mass is 10.0. The number of rotatable bonds is 5. The molecule has 0 aliphatic carbocycles. The summed E-state index contributed by atoms with van der Waals surface area (Å²) in [6.45, 7) is 7.07. The Labute approximate surface area is 177 Å². The van der Waals surface area contributed by atoms with Crippen LogP contribution in [-0.2, 0) is 22.6 Å². The van der Waals surface area contributed by atoms with Crippen LogP contribution in [0.3, 0.4) is 0 Å². The molecule has 7 heteroatoms. The SMILES string of the molecule is CCC(NC(=O)c1cc(C(=O)N2CCOCC2C)c2n1CCOC2)c1ccccc1. The molecule has 1 saturated heterocycles. The summed E-state index contributed by atoms with van der Waals surface area (Å²) < 4.78 is 13.0. The van der Waals surface area contributed by atoms with Crippen molar-refractivity contribution < 1.29 is 19.1 Å². The molecule has 1 fully saturated rings. The summed E-state index contributed by atoms with van der Waals surface area (Å²) in [5, 5.41) is 3.14. The van der Waals surface area contributed by atoms with Crippen molar-refractivity contribution in [3.05, 3.63) is 58.9 Å². The molecule has 2 amide bonds. The van der Waals surface area contributed by atoms with Gasteiger partial charge in [-0.1, -0.05) is 37.3 Å². The molecule has 2 atom stereocenters. The Morgan fingerprint density at radius 2 is 1.93 bits per heavy atom. The van der Waals surface area contributed by atoms with Gasteiger partial charge >= 0.3 is 0 Å². The van der Waals surface area contributed by atoms with E-state index in [4.69, 9.17) is 9.47 Å². The molecule has 2 unspecified atom stereocenters. The van der Waals surface area contributed by atoms with Crippen LogP contribution in [0.4, 0.5) is 0 Å². The van der Waals surface area contributed by atoms with Crippen molar-refractivity contribution >= 4 is 11.8 Å². The van der Waals surface area contributed by atoms with Gasteiger partial charge in [-0.05, 0) is 25.0 Å². The van der Waals surface area contributed by atoms with Gasteiger partial charge in [-0.25, -0.2) is 0 Å². The minimum atomic E-state index is -0.164. The molecule has 0 saturated carbocycles. The Kier molecular flexibility index (Phi) is 6.20. The fourth-order valence-electron chi connectivity index (χ4n) is 4.22. The number of carbonyl (C=O) groups is 2. The number of aromatic nitrogens is 1. The fourth-order valence-corrected chi connectivity index (χ4v) is 4.22. The zero-order chi connectivity index (χ0) is 21.1. The van der Waals surface area contributed by atoms with Crippen LogP contribution in [0.15, 0.2) is 36.4 Å². The van der Waals surface area contributed by atoms with Crippen LogP contribution < -0.4 is 5.32 Å². The first-order valence-electron chi connectivity index (χ1n) is 10.6. The number of amides is 2. The number of hydrogen-bond donors (Lipinski definition) is 1. The Morgan fingerprint density at radius 3 is 2.67 bits per heavy atom. The van der Waals surface area contributed by atoms with Gasteiger partial charge in [0.25, 0.3) is 11.8 Å². The first kappa shape index (κ1) is 20.6. The average Bonchev–Trinajstić information content (AvgIpc) is 3.18. The van der Waals surface area contributed by atoms with Gasteiger partial charge in [-0.2, -0.15) is 0 Å². The normalized spacial score (nSPS) is 19.8. The number of ether oxygens (including phenoxy) is 2. The van der Waals surface area contributed by atoms with Crippen molar-refractivity contribution in [3.63, 3.8) is 0 Å². The van der Waals surface area contributed by atoms with E-state index in [0.29, 0.717) is 50.8 Å². The maximum absolute atomic E-state index is 13.3. The Hall–Kier alpha value is -2.64. The molecule has 1 aromatic carbocycles. The Balaban J connectivity index is 1.62. The third-order valence-electron chi connectivity index (χ3n) is 5.91. The van der Waals surface area contributed by atoms with Crippen LogP contribution in [0.5, 0.6) is 0 Å². The summed E-state index contributed by atoms with van der Waals surface area (Å²) in [4.78, 5) is 28.3. The van der Waals surface area contributed by atoms with Gasteiger partial charge in [-0.15, -0.1) is 0 Å². The predicted octanol–water partition coefficient (Wildman–Crippen LogP) is 2.76. The second kappa shape index (κ2) is 9.02. The summed E-state index contributed by atoms with van der Waals surface area (Å²) in [5.41, 5.74) is 2.93. The van der Waals surface area contributed by atoms with Crippen LogP contribution in [0.2, 0.25) is 0 Å². The molecule has 160 valence electrons. The first-order valence-corrected chi connectivity index (χ1v) is 10.6. The van der Waals surface area contributed by atoms with Crippen LogP contribution in [0, 0.1) is 0 Å². The molecule has 0 radical (unpaired) electrons. The van der Waals surface area contributed by atoms with E-state index >= 15 is 0 Å². The monoisotopic (exact) mass is 411 g/mol. The summed E-state index contributed by atoms with van der Waals surface area (Å²) in [7, 11) is 0. The lowest BCUT2D eigenvalue weighted by Crippen LogP contribution is -2.47. The third kappa shape index (κ3) is 4.00. The quantitative estimate of drug-likeness (QED) is 0.821. The van der Waals surface area contributed by atoms with Gasteiger partial charge in [0.15, 0.2) is 0 Å². The van der Waals surface area contributed by atoms with Gasteiger partial charge in [0.1, 0.15) is 5.69 Å². The highest BCUT2D eigenvalue weighted by Gasteiger charge is 2.31. The van der Waals surface area contributed by atoms with Crippen molar-refractivity contribution in [1.29, 1.82) is 0 Å². The summed E-state index contributed by atoms with van der Waals surface area (Å²) in [6, 6.07) is 11.6. The second-order valence-corrected chi connectivity index (χ2v) is 7.86. The second-order valence-electron chi connectivity index (χ2n) is 7.86. The lowest BCUT2D eigenvalue weighted by Gasteiger charge is -2.33. The number of nitrogens with zero attached hydrogens (tertiary/aromatic N) is 2. The zero-order valence-electron chi connectivity index (χ0n) is 17.6. The van der Waals surface area contributed by atoms with Gasteiger partial charge < -0.3 is 24.3 Å². The van der Waals surface area contributed by atoms with Gasteiger partial charge in [-0.3, -0.25) is 9.59 Å². The van der Waals surface area contributed by atoms with E-state index < -0.39 is 0 Å². The lowest BCUT2D eigenvalue weighted by molar-refractivity contribution is 0.00317. The standard InChI is InChI=1S/C23H29N3O4/c1-3-19(17-7-5-4-6-8-17)24-22(27)20-13-18(21-15-30-12-10-26(20)21)23(28)25-9-11-29-14-16(25)2/h4-8,13,16,19H,3,9-12,14-15H2,1-2H3,(H,24,27). The number of fused-ring (bicyclic) bond motifs is 1. The summed E-state index contributed by atoms with van der Waals surface area (Å²) in [5.74, 6) is -0.225. The highest BCUT2D eigenvalue weighted by molar-refractivity contribution is 6.01. The fraction of sp³-hybridized carbons (Fsp3) is 0.478. The van der Waals surface area contributed by atoms with E-state index in [1.807, 2.05) is 53.6 Å². The average molecular weight is 412 g/mol. The highest BCUT2D eigenvalue weighted by atomic mass is 16.5. The van der Waals surface area contributed by atoms with E-state index in [1.165, 1.54) is 0 Å². The molecule has 0 bridgehead atoms. The molecule has 1 N–H and O–H groups in total. The van der Waals surface area contributed by atoms with Crippen molar-refractivity contribution in [2.24, 2.45) is 0 Å². The van der Waals surface area contributed by atoms with Gasteiger partial charge in [0, 0.05) is 13.1 Å². The third-order valence-corrected chi connectivity index (χ3v) is 5.91. The number of carbonyl (C=O) groups excluding carboxylic acids is 2. The van der Waals surface area contributed by atoms with Crippen molar-refractivity contribution in [3.8, 4) is 0 Å². The molecular formula is C23H29N3O4. The summed E-state index contributed by atoms with van der Waals surface area (Å²) >= 11 is 0. The number of benzene rings is 1. The molecule has 2 aliphatic heterocycles. The predicted molar refractivity (Wildman–Crippen MR) is 112 cm³/mol. The van der Waals surface area contributed by atoms with E-state index in [-0.39, 0.29) is 23.9 Å². The molecule has 1 aromatic heterocycles. The Bertz CT molecular complexity index is 909. The summed E-state index contributed by atoms with van der Waals surface area (Å²) in [6.07, 6.45) is 0.781. The van der Waals surface area contributed by atoms with Crippen molar-refractivity contribution in [2.75, 3.05) is 26.4 Å². The van der Waals surface area contributed by atoms with E-state index in [0.717, 1.165) is 17.7 Å². The minimum Gasteiger partial charge on any atom is -0.377 e. The number of hydrogen-bond acceptors (Lipinski definition) is 4. The van der Waals surface area contributed by atoms with E-state index in [9.17, 15) is 9.59 Å². The molecule has 4 rings (SSSR count). The smallest absolute Gasteiger partial charge is 0.268 e. The molecule has 3 heterocycles. The maximum Gasteiger partial charge on any atom is 0.268 e. The minimum absolute atomic E-state index is 0.00568.